The largest absolute Gasteiger partial charge is 0.392 e. The fourth-order valence-electron chi connectivity index (χ4n) is 2.66. The maximum Gasteiger partial charge on any atom is 0.225 e. The molecule has 0 aromatic carbocycles. The predicted molar refractivity (Wildman–Crippen MR) is 87.8 cm³/mol. The summed E-state index contributed by atoms with van der Waals surface area (Å²) in [6, 6.07) is 5.68. The van der Waals surface area contributed by atoms with Crippen LogP contribution in [0.1, 0.15) is 32.3 Å². The van der Waals surface area contributed by atoms with Gasteiger partial charge in [-0.1, -0.05) is 13.8 Å². The van der Waals surface area contributed by atoms with Gasteiger partial charge in [0.05, 0.1) is 18.1 Å². The molecule has 1 aromatic rings. The van der Waals surface area contributed by atoms with Gasteiger partial charge in [0.15, 0.2) is 0 Å². The minimum Gasteiger partial charge on any atom is -0.392 e. The first-order chi connectivity index (χ1) is 11.0. The Labute approximate surface area is 137 Å². The predicted octanol–water partition coefficient (Wildman–Crippen LogP) is 1.40. The first kappa shape index (κ1) is 17.2. The van der Waals surface area contributed by atoms with Gasteiger partial charge < -0.3 is 14.9 Å². The van der Waals surface area contributed by atoms with Crippen molar-refractivity contribution < 1.29 is 9.90 Å². The van der Waals surface area contributed by atoms with Crippen molar-refractivity contribution in [2.24, 2.45) is 5.92 Å². The Hall–Kier alpha value is -2.13. The Morgan fingerprint density at radius 1 is 1.39 bits per heavy atom. The molecule has 0 spiro atoms. The van der Waals surface area contributed by atoms with E-state index in [1.165, 1.54) is 0 Å². The number of nitrogens with zero attached hydrogens (tertiary/aromatic N) is 4. The van der Waals surface area contributed by atoms with E-state index in [1.54, 1.807) is 23.2 Å². The number of nitriles is 1. The highest BCUT2D eigenvalue weighted by molar-refractivity contribution is 5.76. The van der Waals surface area contributed by atoms with Crippen molar-refractivity contribution in [3.8, 4) is 6.07 Å². The number of amides is 1. The van der Waals surface area contributed by atoms with Crippen molar-refractivity contribution in [3.63, 3.8) is 0 Å². The summed E-state index contributed by atoms with van der Waals surface area (Å²) < 4.78 is 0. The topological polar surface area (TPSA) is 80.5 Å². The van der Waals surface area contributed by atoms with E-state index in [0.29, 0.717) is 31.0 Å². The van der Waals surface area contributed by atoms with E-state index in [1.807, 2.05) is 13.8 Å². The standard InChI is InChI=1S/C17H24N4O2/c1-13(2)15(22)11-16(23)20-7-4-8-21(10-9-20)17-14(12-18)5-3-6-19-17/h3,5-6,13,15,22H,4,7-11H2,1-2H3. The van der Waals surface area contributed by atoms with Crippen LogP contribution >= 0.6 is 0 Å². The number of carbonyl (C=O) groups is 1. The van der Waals surface area contributed by atoms with Gasteiger partial charge in [0.2, 0.25) is 5.91 Å². The van der Waals surface area contributed by atoms with Crippen LogP contribution in [0.3, 0.4) is 0 Å². The summed E-state index contributed by atoms with van der Waals surface area (Å²) in [5.41, 5.74) is 0.558. The summed E-state index contributed by atoms with van der Waals surface area (Å²) in [4.78, 5) is 20.5. The smallest absolute Gasteiger partial charge is 0.225 e. The van der Waals surface area contributed by atoms with E-state index >= 15 is 0 Å². The molecule has 1 fully saturated rings. The van der Waals surface area contributed by atoms with Gasteiger partial charge in [0, 0.05) is 32.4 Å². The van der Waals surface area contributed by atoms with Crippen LogP contribution in [0, 0.1) is 17.2 Å². The van der Waals surface area contributed by atoms with Crippen molar-refractivity contribution in [3.05, 3.63) is 23.9 Å². The zero-order valence-electron chi connectivity index (χ0n) is 13.8. The minimum absolute atomic E-state index is 0.00502. The Morgan fingerprint density at radius 2 is 2.17 bits per heavy atom. The average Bonchev–Trinajstić information content (AvgIpc) is 2.80. The zero-order valence-corrected chi connectivity index (χ0v) is 13.8. The highest BCUT2D eigenvalue weighted by atomic mass is 16.3. The maximum atomic E-state index is 12.3. The quantitative estimate of drug-likeness (QED) is 0.908. The molecular formula is C17H24N4O2. The lowest BCUT2D eigenvalue weighted by Gasteiger charge is -2.24. The highest BCUT2D eigenvalue weighted by Crippen LogP contribution is 2.18. The molecule has 1 aromatic heterocycles. The van der Waals surface area contributed by atoms with Gasteiger partial charge in [-0.3, -0.25) is 4.79 Å². The molecule has 1 saturated heterocycles. The van der Waals surface area contributed by atoms with Crippen LogP contribution in [0.2, 0.25) is 0 Å². The van der Waals surface area contributed by atoms with Crippen molar-refractivity contribution in [1.82, 2.24) is 9.88 Å². The van der Waals surface area contributed by atoms with Gasteiger partial charge in [0.25, 0.3) is 0 Å². The van der Waals surface area contributed by atoms with E-state index < -0.39 is 6.10 Å². The van der Waals surface area contributed by atoms with E-state index in [2.05, 4.69) is 16.0 Å². The summed E-state index contributed by atoms with van der Waals surface area (Å²) in [6.45, 7) is 6.50. The molecule has 1 unspecified atom stereocenters. The maximum absolute atomic E-state index is 12.3. The van der Waals surface area contributed by atoms with Crippen LogP contribution in [0.15, 0.2) is 18.3 Å². The first-order valence-electron chi connectivity index (χ1n) is 8.09. The Kier molecular flexibility index (Phi) is 5.94. The molecule has 6 heteroatoms. The summed E-state index contributed by atoms with van der Waals surface area (Å²) >= 11 is 0. The van der Waals surface area contributed by atoms with Gasteiger partial charge in [-0.05, 0) is 24.5 Å². The number of rotatable bonds is 4. The van der Waals surface area contributed by atoms with Crippen molar-refractivity contribution in [1.29, 1.82) is 5.26 Å². The number of aromatic nitrogens is 1. The fraction of sp³-hybridized carbons (Fsp3) is 0.588. The van der Waals surface area contributed by atoms with Gasteiger partial charge in [-0.2, -0.15) is 5.26 Å². The lowest BCUT2D eigenvalue weighted by molar-refractivity contribution is -0.133. The van der Waals surface area contributed by atoms with Gasteiger partial charge in [-0.25, -0.2) is 4.98 Å². The van der Waals surface area contributed by atoms with Crippen molar-refractivity contribution >= 4 is 11.7 Å². The summed E-state index contributed by atoms with van der Waals surface area (Å²) in [7, 11) is 0. The number of aliphatic hydroxyl groups is 1. The average molecular weight is 316 g/mol. The zero-order chi connectivity index (χ0) is 16.8. The molecule has 0 aliphatic carbocycles. The molecule has 1 N–H and O–H groups in total. The lowest BCUT2D eigenvalue weighted by Crippen LogP contribution is -2.37. The number of hydrogen-bond acceptors (Lipinski definition) is 5. The van der Waals surface area contributed by atoms with Crippen molar-refractivity contribution in [2.75, 3.05) is 31.1 Å². The van der Waals surface area contributed by atoms with Crippen LogP contribution in [-0.2, 0) is 4.79 Å². The molecule has 0 radical (unpaired) electrons. The first-order valence-corrected chi connectivity index (χ1v) is 8.09. The fourth-order valence-corrected chi connectivity index (χ4v) is 2.66. The van der Waals surface area contributed by atoms with E-state index in [0.717, 1.165) is 13.0 Å². The van der Waals surface area contributed by atoms with Crippen LogP contribution in [0.5, 0.6) is 0 Å². The molecule has 124 valence electrons. The molecule has 2 heterocycles. The summed E-state index contributed by atoms with van der Waals surface area (Å²) in [5.74, 6) is 0.759. The molecule has 1 aliphatic heterocycles. The lowest BCUT2D eigenvalue weighted by atomic mass is 10.0. The molecule has 1 atom stereocenters. The molecule has 2 rings (SSSR count). The Balaban J connectivity index is 2.00. The third kappa shape index (κ3) is 4.42. The molecular weight excluding hydrogens is 292 g/mol. The third-order valence-corrected chi connectivity index (χ3v) is 4.21. The van der Waals surface area contributed by atoms with E-state index in [9.17, 15) is 15.2 Å². The number of pyridine rings is 1. The normalized spacial score (nSPS) is 16.8. The summed E-state index contributed by atoms with van der Waals surface area (Å²) in [5, 5.41) is 19.1. The van der Waals surface area contributed by atoms with E-state index in [-0.39, 0.29) is 18.2 Å². The number of carbonyl (C=O) groups excluding carboxylic acids is 1. The van der Waals surface area contributed by atoms with Crippen LogP contribution in [-0.4, -0.2) is 53.2 Å². The Morgan fingerprint density at radius 3 is 2.87 bits per heavy atom. The van der Waals surface area contributed by atoms with Crippen LogP contribution < -0.4 is 4.90 Å². The van der Waals surface area contributed by atoms with Gasteiger partial charge in [-0.15, -0.1) is 0 Å². The molecule has 0 bridgehead atoms. The molecule has 6 nitrogen and oxygen atoms in total. The molecule has 0 saturated carbocycles. The number of anilines is 1. The summed E-state index contributed by atoms with van der Waals surface area (Å²) in [6.07, 6.45) is 2.08. The van der Waals surface area contributed by atoms with Crippen LogP contribution in [0.4, 0.5) is 5.82 Å². The van der Waals surface area contributed by atoms with Crippen LogP contribution in [0.25, 0.3) is 0 Å². The van der Waals surface area contributed by atoms with Gasteiger partial charge >= 0.3 is 0 Å². The third-order valence-electron chi connectivity index (χ3n) is 4.21. The monoisotopic (exact) mass is 316 g/mol. The molecule has 1 amide bonds. The second-order valence-corrected chi connectivity index (χ2v) is 6.22. The second-order valence-electron chi connectivity index (χ2n) is 6.22. The van der Waals surface area contributed by atoms with E-state index in [4.69, 9.17) is 0 Å². The SMILES string of the molecule is CC(C)C(O)CC(=O)N1CCCN(c2ncccc2C#N)CC1. The Bertz CT molecular complexity index is 582. The van der Waals surface area contributed by atoms with Crippen molar-refractivity contribution in [2.45, 2.75) is 32.8 Å². The second kappa shape index (κ2) is 7.93. The number of aliphatic hydroxyl groups excluding tert-OH is 1. The van der Waals surface area contributed by atoms with Gasteiger partial charge in [0.1, 0.15) is 11.9 Å². The number of hydrogen-bond donors (Lipinski definition) is 1. The minimum atomic E-state index is -0.595. The molecule has 23 heavy (non-hydrogen) atoms. The molecule has 1 aliphatic rings. The highest BCUT2D eigenvalue weighted by Gasteiger charge is 2.23.